The first-order chi connectivity index (χ1) is 13.8. The van der Waals surface area contributed by atoms with Crippen LogP contribution in [-0.4, -0.2) is 36.6 Å². The number of amides is 1. The van der Waals surface area contributed by atoms with Gasteiger partial charge in [0.2, 0.25) is 0 Å². The fraction of sp³-hybridized carbons (Fsp3) is 0.278. The molecule has 0 spiro atoms. The molecule has 0 unspecified atom stereocenters. The van der Waals surface area contributed by atoms with Gasteiger partial charge in [0.15, 0.2) is 16.3 Å². The van der Waals surface area contributed by atoms with Gasteiger partial charge in [-0.05, 0) is 24.6 Å². The van der Waals surface area contributed by atoms with Gasteiger partial charge in [-0.2, -0.15) is 5.10 Å². The zero-order valence-corrected chi connectivity index (χ0v) is 16.9. The molecule has 2 heterocycles. The summed E-state index contributed by atoms with van der Waals surface area (Å²) in [7, 11) is 2.96. The van der Waals surface area contributed by atoms with E-state index in [0.29, 0.717) is 22.8 Å². The SMILES string of the molecule is CCn1c(SCC(=O)N/N=C/c2ccc(F)cc2)nc2c1c(=O)n(C)c(=O)n2C. The summed E-state index contributed by atoms with van der Waals surface area (Å²) in [6.45, 7) is 2.30. The predicted octanol–water partition coefficient (Wildman–Crippen LogP) is 0.835. The van der Waals surface area contributed by atoms with Gasteiger partial charge in [0.25, 0.3) is 11.5 Å². The molecule has 3 rings (SSSR count). The molecule has 9 nitrogen and oxygen atoms in total. The van der Waals surface area contributed by atoms with Gasteiger partial charge in [-0.25, -0.2) is 19.6 Å². The number of aryl methyl sites for hydroxylation is 2. The summed E-state index contributed by atoms with van der Waals surface area (Å²) in [5, 5.41) is 4.29. The van der Waals surface area contributed by atoms with Crippen LogP contribution in [0.15, 0.2) is 44.1 Å². The molecule has 1 amide bonds. The Kier molecular flexibility index (Phi) is 5.97. The van der Waals surface area contributed by atoms with Crippen LogP contribution >= 0.6 is 11.8 Å². The van der Waals surface area contributed by atoms with E-state index in [2.05, 4.69) is 15.5 Å². The van der Waals surface area contributed by atoms with Crippen LogP contribution in [-0.2, 0) is 25.4 Å². The van der Waals surface area contributed by atoms with E-state index in [1.807, 2.05) is 6.92 Å². The van der Waals surface area contributed by atoms with E-state index >= 15 is 0 Å². The number of imidazole rings is 1. The highest BCUT2D eigenvalue weighted by Crippen LogP contribution is 2.21. The van der Waals surface area contributed by atoms with Gasteiger partial charge in [0.05, 0.1) is 12.0 Å². The number of halogens is 1. The molecule has 0 atom stereocenters. The van der Waals surface area contributed by atoms with E-state index in [4.69, 9.17) is 0 Å². The van der Waals surface area contributed by atoms with Gasteiger partial charge in [0, 0.05) is 20.6 Å². The Morgan fingerprint density at radius 2 is 1.93 bits per heavy atom. The van der Waals surface area contributed by atoms with Crippen LogP contribution in [0.2, 0.25) is 0 Å². The normalized spacial score (nSPS) is 11.4. The van der Waals surface area contributed by atoms with Crippen LogP contribution in [0.1, 0.15) is 12.5 Å². The van der Waals surface area contributed by atoms with Crippen molar-refractivity contribution in [1.82, 2.24) is 24.1 Å². The number of hydrogen-bond donors (Lipinski definition) is 1. The number of hydrazone groups is 1. The maximum atomic E-state index is 12.9. The molecule has 0 aliphatic heterocycles. The molecular weight excluding hydrogens is 399 g/mol. The minimum absolute atomic E-state index is 0.0122. The van der Waals surface area contributed by atoms with Crippen LogP contribution in [0.4, 0.5) is 4.39 Å². The molecule has 152 valence electrons. The largest absolute Gasteiger partial charge is 0.332 e. The third-order valence-corrected chi connectivity index (χ3v) is 5.21. The van der Waals surface area contributed by atoms with E-state index in [1.165, 1.54) is 42.1 Å². The lowest BCUT2D eigenvalue weighted by Crippen LogP contribution is -2.37. The number of hydrogen-bond acceptors (Lipinski definition) is 6. The number of nitrogens with one attached hydrogen (secondary N) is 1. The van der Waals surface area contributed by atoms with Crippen molar-refractivity contribution >= 4 is 35.0 Å². The molecule has 2 aromatic heterocycles. The maximum Gasteiger partial charge on any atom is 0.332 e. The summed E-state index contributed by atoms with van der Waals surface area (Å²) < 4.78 is 16.9. The van der Waals surface area contributed by atoms with Crippen LogP contribution in [0.5, 0.6) is 0 Å². The topological polar surface area (TPSA) is 103 Å². The number of aromatic nitrogens is 4. The van der Waals surface area contributed by atoms with Gasteiger partial charge < -0.3 is 4.57 Å². The van der Waals surface area contributed by atoms with Crippen molar-refractivity contribution in [2.24, 2.45) is 19.2 Å². The van der Waals surface area contributed by atoms with Crippen LogP contribution in [0.3, 0.4) is 0 Å². The Morgan fingerprint density at radius 1 is 1.24 bits per heavy atom. The second-order valence-electron chi connectivity index (χ2n) is 6.15. The lowest BCUT2D eigenvalue weighted by atomic mass is 10.2. The van der Waals surface area contributed by atoms with Crippen LogP contribution < -0.4 is 16.7 Å². The molecule has 0 bridgehead atoms. The Bertz CT molecular complexity index is 1210. The first-order valence-corrected chi connectivity index (χ1v) is 9.68. The van der Waals surface area contributed by atoms with Crippen molar-refractivity contribution in [2.75, 3.05) is 5.75 Å². The summed E-state index contributed by atoms with van der Waals surface area (Å²) >= 11 is 1.14. The average molecular weight is 418 g/mol. The fourth-order valence-corrected chi connectivity index (χ4v) is 3.57. The fourth-order valence-electron chi connectivity index (χ4n) is 2.72. The van der Waals surface area contributed by atoms with Gasteiger partial charge in [-0.3, -0.25) is 18.7 Å². The van der Waals surface area contributed by atoms with Crippen molar-refractivity contribution in [2.45, 2.75) is 18.6 Å². The zero-order chi connectivity index (χ0) is 21.1. The number of fused-ring (bicyclic) bond motifs is 1. The number of carbonyl (C=O) groups excluding carboxylic acids is 1. The predicted molar refractivity (Wildman–Crippen MR) is 109 cm³/mol. The average Bonchev–Trinajstić information content (AvgIpc) is 3.09. The number of nitrogens with zero attached hydrogens (tertiary/aromatic N) is 5. The number of rotatable bonds is 6. The monoisotopic (exact) mass is 418 g/mol. The highest BCUT2D eigenvalue weighted by molar-refractivity contribution is 7.99. The maximum absolute atomic E-state index is 12.9. The molecule has 3 aromatic rings. The van der Waals surface area contributed by atoms with Crippen molar-refractivity contribution in [3.63, 3.8) is 0 Å². The molecule has 0 radical (unpaired) electrons. The van der Waals surface area contributed by atoms with E-state index in [9.17, 15) is 18.8 Å². The highest BCUT2D eigenvalue weighted by atomic mass is 32.2. The van der Waals surface area contributed by atoms with Crippen LogP contribution in [0.25, 0.3) is 11.2 Å². The second-order valence-corrected chi connectivity index (χ2v) is 7.09. The Morgan fingerprint density at radius 3 is 2.59 bits per heavy atom. The highest BCUT2D eigenvalue weighted by Gasteiger charge is 2.19. The molecule has 1 N–H and O–H groups in total. The summed E-state index contributed by atoms with van der Waals surface area (Å²) in [5.74, 6) is -0.711. The molecule has 0 saturated carbocycles. The standard InChI is InChI=1S/C18H19FN6O3S/c1-4-25-14-15(23(2)18(28)24(3)16(14)27)21-17(25)29-10-13(26)22-20-9-11-5-7-12(19)8-6-11/h5-9H,4,10H2,1-3H3,(H,22,26)/b20-9+. The Labute approximate surface area is 168 Å². The first kappa shape index (κ1) is 20.5. The molecule has 0 aliphatic rings. The van der Waals surface area contributed by atoms with Gasteiger partial charge >= 0.3 is 5.69 Å². The minimum Gasteiger partial charge on any atom is -0.313 e. The molecule has 0 fully saturated rings. The van der Waals surface area contributed by atoms with E-state index in [0.717, 1.165) is 16.3 Å². The summed E-state index contributed by atoms with van der Waals surface area (Å²) in [6, 6.07) is 5.67. The second kappa shape index (κ2) is 8.43. The lowest BCUT2D eigenvalue weighted by molar-refractivity contribution is -0.118. The molecule has 0 saturated heterocycles. The zero-order valence-electron chi connectivity index (χ0n) is 16.0. The van der Waals surface area contributed by atoms with E-state index in [1.54, 1.807) is 11.6 Å². The van der Waals surface area contributed by atoms with E-state index < -0.39 is 11.2 Å². The van der Waals surface area contributed by atoms with Gasteiger partial charge in [0.1, 0.15) is 5.82 Å². The molecule has 1 aromatic carbocycles. The molecule has 11 heteroatoms. The summed E-state index contributed by atoms with van der Waals surface area (Å²) in [6.07, 6.45) is 1.41. The van der Waals surface area contributed by atoms with E-state index in [-0.39, 0.29) is 23.1 Å². The number of carbonyl (C=O) groups is 1. The van der Waals surface area contributed by atoms with Crippen molar-refractivity contribution in [3.8, 4) is 0 Å². The van der Waals surface area contributed by atoms with Crippen LogP contribution in [0, 0.1) is 5.82 Å². The summed E-state index contributed by atoms with van der Waals surface area (Å²) in [5.41, 5.74) is 2.72. The quantitative estimate of drug-likeness (QED) is 0.363. The smallest absolute Gasteiger partial charge is 0.313 e. The Hall–Kier alpha value is -3.21. The minimum atomic E-state index is -0.465. The molecule has 29 heavy (non-hydrogen) atoms. The van der Waals surface area contributed by atoms with Crippen molar-refractivity contribution in [3.05, 3.63) is 56.5 Å². The number of benzene rings is 1. The van der Waals surface area contributed by atoms with Gasteiger partial charge in [-0.1, -0.05) is 23.9 Å². The molecular formula is C18H19FN6O3S. The Balaban J connectivity index is 1.75. The summed E-state index contributed by atoms with van der Waals surface area (Å²) in [4.78, 5) is 41.0. The third-order valence-electron chi connectivity index (χ3n) is 4.23. The van der Waals surface area contributed by atoms with Crippen molar-refractivity contribution < 1.29 is 9.18 Å². The number of thioether (sulfide) groups is 1. The first-order valence-electron chi connectivity index (χ1n) is 8.70. The third kappa shape index (κ3) is 4.14. The van der Waals surface area contributed by atoms with Gasteiger partial charge in [-0.15, -0.1) is 0 Å². The van der Waals surface area contributed by atoms with Crippen molar-refractivity contribution in [1.29, 1.82) is 0 Å². The molecule has 0 aliphatic carbocycles. The lowest BCUT2D eigenvalue weighted by Gasteiger charge is -2.06.